The highest BCUT2D eigenvalue weighted by Crippen LogP contribution is 2.18. The second kappa shape index (κ2) is 5.21. The Balaban J connectivity index is 1.92. The van der Waals surface area contributed by atoms with E-state index in [1.165, 1.54) is 6.42 Å². The van der Waals surface area contributed by atoms with E-state index in [-0.39, 0.29) is 5.78 Å². The van der Waals surface area contributed by atoms with E-state index in [9.17, 15) is 4.79 Å². The average Bonchev–Trinajstić information content (AvgIpc) is 2.30. The summed E-state index contributed by atoms with van der Waals surface area (Å²) < 4.78 is 0. The minimum absolute atomic E-state index is 0.146. The van der Waals surface area contributed by atoms with Crippen LogP contribution in [0, 0.1) is 5.92 Å². The lowest BCUT2D eigenvalue weighted by Crippen LogP contribution is -2.38. The molecule has 16 heavy (non-hydrogen) atoms. The van der Waals surface area contributed by atoms with Crippen LogP contribution in [0.1, 0.15) is 36.7 Å². The van der Waals surface area contributed by atoms with Crippen molar-refractivity contribution >= 4 is 5.78 Å². The van der Waals surface area contributed by atoms with Gasteiger partial charge in [0.15, 0.2) is 5.78 Å². The van der Waals surface area contributed by atoms with Crippen LogP contribution < -0.4 is 5.32 Å². The van der Waals surface area contributed by atoms with Gasteiger partial charge in [0.2, 0.25) is 0 Å². The molecule has 86 valence electrons. The van der Waals surface area contributed by atoms with Crippen LogP contribution in [0.25, 0.3) is 0 Å². The molecule has 0 amide bonds. The highest BCUT2D eigenvalue weighted by atomic mass is 16.1. The van der Waals surface area contributed by atoms with Crippen LogP contribution in [-0.4, -0.2) is 23.4 Å². The Morgan fingerprint density at radius 1 is 1.56 bits per heavy atom. The summed E-state index contributed by atoms with van der Waals surface area (Å²) in [7, 11) is 0. The lowest BCUT2D eigenvalue weighted by molar-refractivity contribution is 0.0954. The Kier molecular flexibility index (Phi) is 3.67. The van der Waals surface area contributed by atoms with Crippen LogP contribution in [-0.2, 0) is 0 Å². The molecule has 1 aliphatic rings. The van der Waals surface area contributed by atoms with Crippen molar-refractivity contribution in [2.45, 2.75) is 32.2 Å². The molecule has 1 aromatic heterocycles. The summed E-state index contributed by atoms with van der Waals surface area (Å²) in [6.45, 7) is 3.28. The molecule has 0 radical (unpaired) electrons. The second-order valence-corrected chi connectivity index (χ2v) is 4.62. The zero-order valence-electron chi connectivity index (χ0n) is 9.65. The maximum Gasteiger partial charge on any atom is 0.182 e. The fourth-order valence-electron chi connectivity index (χ4n) is 2.23. The third-order valence-electron chi connectivity index (χ3n) is 3.14. The molecule has 0 bridgehead atoms. The molecule has 2 unspecified atom stereocenters. The first kappa shape index (κ1) is 11.3. The highest BCUT2D eigenvalue weighted by Gasteiger charge is 2.21. The number of nitrogens with one attached hydrogen (secondary N) is 1. The van der Waals surface area contributed by atoms with Crippen molar-refractivity contribution in [1.82, 2.24) is 10.3 Å². The van der Waals surface area contributed by atoms with E-state index in [0.717, 1.165) is 18.9 Å². The monoisotopic (exact) mass is 218 g/mol. The van der Waals surface area contributed by atoms with Crippen LogP contribution in [0.5, 0.6) is 0 Å². The van der Waals surface area contributed by atoms with E-state index in [1.54, 1.807) is 12.3 Å². The van der Waals surface area contributed by atoms with Gasteiger partial charge in [0.05, 0.1) is 0 Å². The number of Topliss-reactive ketones (excluding diaryl/α,β-unsaturated/α-hetero) is 1. The fraction of sp³-hybridized carbons (Fsp3) is 0.538. The Labute approximate surface area is 96.3 Å². The van der Waals surface area contributed by atoms with E-state index in [4.69, 9.17) is 0 Å². The van der Waals surface area contributed by atoms with Gasteiger partial charge in [-0.25, -0.2) is 0 Å². The van der Waals surface area contributed by atoms with Crippen molar-refractivity contribution < 1.29 is 4.79 Å². The third kappa shape index (κ3) is 2.89. The number of piperidine rings is 1. The first-order valence-electron chi connectivity index (χ1n) is 5.93. The number of hydrogen-bond acceptors (Lipinski definition) is 3. The lowest BCUT2D eigenvalue weighted by atomic mass is 9.91. The van der Waals surface area contributed by atoms with Gasteiger partial charge >= 0.3 is 0 Å². The molecule has 1 fully saturated rings. The number of hydrogen-bond donors (Lipinski definition) is 1. The van der Waals surface area contributed by atoms with Gasteiger partial charge in [0.25, 0.3) is 0 Å². The molecular weight excluding hydrogens is 200 g/mol. The van der Waals surface area contributed by atoms with Gasteiger partial charge in [0.1, 0.15) is 5.69 Å². The van der Waals surface area contributed by atoms with Crippen molar-refractivity contribution in [1.29, 1.82) is 0 Å². The Morgan fingerprint density at radius 2 is 2.44 bits per heavy atom. The molecule has 3 heteroatoms. The summed E-state index contributed by atoms with van der Waals surface area (Å²) in [5.41, 5.74) is 0.586. The number of nitrogens with zero attached hydrogens (tertiary/aromatic N) is 1. The summed E-state index contributed by atoms with van der Waals surface area (Å²) in [5.74, 6) is 0.870. The van der Waals surface area contributed by atoms with E-state index in [1.807, 2.05) is 12.1 Å². The van der Waals surface area contributed by atoms with Crippen LogP contribution >= 0.6 is 0 Å². The molecular formula is C13H18N2O. The van der Waals surface area contributed by atoms with Crippen LogP contribution in [0.3, 0.4) is 0 Å². The predicted molar refractivity (Wildman–Crippen MR) is 63.4 cm³/mol. The minimum Gasteiger partial charge on any atom is -0.314 e. The number of ketones is 1. The van der Waals surface area contributed by atoms with E-state index in [2.05, 4.69) is 17.2 Å². The Bertz CT molecular complexity index is 350. The largest absolute Gasteiger partial charge is 0.314 e. The number of carbonyl (C=O) groups is 1. The van der Waals surface area contributed by atoms with Crippen molar-refractivity contribution in [2.24, 2.45) is 5.92 Å². The number of pyridine rings is 1. The number of rotatable bonds is 3. The third-order valence-corrected chi connectivity index (χ3v) is 3.14. The topological polar surface area (TPSA) is 42.0 Å². The SMILES string of the molecule is CC1CCNC(CC(=O)c2ccccn2)C1. The summed E-state index contributed by atoms with van der Waals surface area (Å²) in [6, 6.07) is 5.81. The van der Waals surface area contributed by atoms with Gasteiger partial charge in [-0.2, -0.15) is 0 Å². The lowest BCUT2D eigenvalue weighted by Gasteiger charge is -2.27. The quantitative estimate of drug-likeness (QED) is 0.789. The van der Waals surface area contributed by atoms with Crippen LogP contribution in [0.4, 0.5) is 0 Å². The number of aromatic nitrogens is 1. The zero-order valence-corrected chi connectivity index (χ0v) is 9.65. The van der Waals surface area contributed by atoms with Crippen LogP contribution in [0.2, 0.25) is 0 Å². The maximum atomic E-state index is 11.9. The standard InChI is InChI=1S/C13H18N2O/c1-10-5-7-14-11(8-10)9-13(16)12-4-2-3-6-15-12/h2-4,6,10-11,14H,5,7-9H2,1H3. The van der Waals surface area contributed by atoms with Crippen molar-refractivity contribution in [3.8, 4) is 0 Å². The molecule has 0 spiro atoms. The maximum absolute atomic E-state index is 11.9. The van der Waals surface area contributed by atoms with Gasteiger partial charge in [-0.05, 0) is 37.4 Å². The molecule has 0 aromatic carbocycles. The van der Waals surface area contributed by atoms with Crippen molar-refractivity contribution in [3.63, 3.8) is 0 Å². The summed E-state index contributed by atoms with van der Waals surface area (Å²) in [6.07, 6.45) is 4.55. The van der Waals surface area contributed by atoms with Crippen LogP contribution in [0.15, 0.2) is 24.4 Å². The smallest absolute Gasteiger partial charge is 0.182 e. The summed E-state index contributed by atoms with van der Waals surface area (Å²) in [4.78, 5) is 16.0. The molecule has 2 atom stereocenters. The Morgan fingerprint density at radius 3 is 3.12 bits per heavy atom. The van der Waals surface area contributed by atoms with Gasteiger partial charge in [-0.3, -0.25) is 9.78 Å². The molecule has 2 rings (SSSR count). The molecule has 2 heterocycles. The summed E-state index contributed by atoms with van der Waals surface area (Å²) >= 11 is 0. The average molecular weight is 218 g/mol. The molecule has 3 nitrogen and oxygen atoms in total. The van der Waals surface area contributed by atoms with Crippen molar-refractivity contribution in [3.05, 3.63) is 30.1 Å². The minimum atomic E-state index is 0.146. The first-order valence-corrected chi connectivity index (χ1v) is 5.93. The van der Waals surface area contributed by atoms with E-state index >= 15 is 0 Å². The summed E-state index contributed by atoms with van der Waals surface area (Å²) in [5, 5.41) is 3.40. The molecule has 0 aliphatic carbocycles. The molecule has 1 N–H and O–H groups in total. The highest BCUT2D eigenvalue weighted by molar-refractivity contribution is 5.94. The van der Waals surface area contributed by atoms with Gasteiger partial charge < -0.3 is 5.32 Å². The number of carbonyl (C=O) groups excluding carboxylic acids is 1. The molecule has 1 aliphatic heterocycles. The van der Waals surface area contributed by atoms with Gasteiger partial charge in [-0.15, -0.1) is 0 Å². The Hall–Kier alpha value is -1.22. The fourth-order valence-corrected chi connectivity index (χ4v) is 2.23. The molecule has 0 saturated carbocycles. The van der Waals surface area contributed by atoms with E-state index < -0.39 is 0 Å². The molecule has 1 saturated heterocycles. The first-order chi connectivity index (χ1) is 7.75. The zero-order chi connectivity index (χ0) is 11.4. The van der Waals surface area contributed by atoms with Crippen molar-refractivity contribution in [2.75, 3.05) is 6.54 Å². The predicted octanol–water partition coefficient (Wildman–Crippen LogP) is 2.04. The van der Waals surface area contributed by atoms with E-state index in [0.29, 0.717) is 18.2 Å². The molecule has 1 aromatic rings. The normalized spacial score (nSPS) is 25.3. The van der Waals surface area contributed by atoms with Gasteiger partial charge in [-0.1, -0.05) is 13.0 Å². The van der Waals surface area contributed by atoms with Gasteiger partial charge in [0, 0.05) is 18.7 Å². The second-order valence-electron chi connectivity index (χ2n) is 4.62.